The normalized spacial score (nSPS) is 13.5. The lowest BCUT2D eigenvalue weighted by Crippen LogP contribution is -2.31. The largest absolute Gasteiger partial charge is 0.493 e. The van der Waals surface area contributed by atoms with E-state index in [2.05, 4.69) is 10.2 Å². The molecular formula is C25H31ClN2O4. The maximum Gasteiger partial charge on any atom is 0.341 e. The smallest absolute Gasteiger partial charge is 0.341 e. The highest BCUT2D eigenvalue weighted by Crippen LogP contribution is 2.27. The van der Waals surface area contributed by atoms with Gasteiger partial charge in [0.1, 0.15) is 11.3 Å². The summed E-state index contributed by atoms with van der Waals surface area (Å²) in [6, 6.07) is 11.0. The average Bonchev–Trinajstić information content (AvgIpc) is 2.79. The first kappa shape index (κ1) is 23.9. The minimum absolute atomic E-state index is 0.110. The van der Waals surface area contributed by atoms with E-state index in [1.165, 1.54) is 19.3 Å². The predicted molar refractivity (Wildman–Crippen MR) is 127 cm³/mol. The molecule has 2 aromatic carbocycles. The van der Waals surface area contributed by atoms with Gasteiger partial charge in [-0.2, -0.15) is 0 Å². The third kappa shape index (κ3) is 6.39. The van der Waals surface area contributed by atoms with Crippen molar-refractivity contribution >= 4 is 29.2 Å². The SMILES string of the molecule is CCOC(=O)c1ccc(CC(=O)NCc2cc(Cl)ccc2N2CCCCC2)cc1OCC. The van der Waals surface area contributed by atoms with E-state index < -0.39 is 5.97 Å². The minimum atomic E-state index is -0.432. The summed E-state index contributed by atoms with van der Waals surface area (Å²) < 4.78 is 10.7. The number of hydrogen-bond acceptors (Lipinski definition) is 5. The van der Waals surface area contributed by atoms with Gasteiger partial charge in [-0.25, -0.2) is 4.79 Å². The lowest BCUT2D eigenvalue weighted by Gasteiger charge is -2.30. The fraction of sp³-hybridized carbons (Fsp3) is 0.440. The van der Waals surface area contributed by atoms with Crippen molar-refractivity contribution in [2.24, 2.45) is 0 Å². The first-order chi connectivity index (χ1) is 15.5. The Morgan fingerprint density at radius 3 is 2.53 bits per heavy atom. The van der Waals surface area contributed by atoms with Gasteiger partial charge in [0.15, 0.2) is 0 Å². The molecule has 1 heterocycles. The maximum absolute atomic E-state index is 12.7. The number of halogens is 1. The third-order valence-corrected chi connectivity index (χ3v) is 5.66. The molecule has 3 rings (SSSR count). The molecule has 0 atom stereocenters. The van der Waals surface area contributed by atoms with Crippen LogP contribution in [0.1, 0.15) is 54.6 Å². The zero-order valence-corrected chi connectivity index (χ0v) is 19.5. The minimum Gasteiger partial charge on any atom is -0.493 e. The highest BCUT2D eigenvalue weighted by atomic mass is 35.5. The van der Waals surface area contributed by atoms with E-state index in [-0.39, 0.29) is 18.9 Å². The Morgan fingerprint density at radius 1 is 1.03 bits per heavy atom. The number of nitrogens with one attached hydrogen (secondary N) is 1. The van der Waals surface area contributed by atoms with E-state index in [4.69, 9.17) is 21.1 Å². The zero-order chi connectivity index (χ0) is 22.9. The number of ether oxygens (including phenoxy) is 2. The molecule has 0 aromatic heterocycles. The molecular weight excluding hydrogens is 428 g/mol. The van der Waals surface area contributed by atoms with Gasteiger partial charge in [0.05, 0.1) is 19.6 Å². The van der Waals surface area contributed by atoms with Gasteiger partial charge in [-0.05, 0) is 74.6 Å². The topological polar surface area (TPSA) is 67.9 Å². The lowest BCUT2D eigenvalue weighted by atomic mass is 10.1. The fourth-order valence-electron chi connectivity index (χ4n) is 3.91. The number of nitrogens with zero attached hydrogens (tertiary/aromatic N) is 1. The number of piperidine rings is 1. The van der Waals surface area contributed by atoms with E-state index >= 15 is 0 Å². The molecule has 0 bridgehead atoms. The summed E-state index contributed by atoms with van der Waals surface area (Å²) in [5.74, 6) is -0.113. The number of amides is 1. The second kappa shape index (κ2) is 11.8. The standard InChI is InChI=1S/C25H31ClN2O4/c1-3-31-23-14-18(8-10-21(23)25(30)32-4-2)15-24(29)27-17-19-16-20(26)9-11-22(19)28-12-6-5-7-13-28/h8-11,14,16H,3-7,12-13,15,17H2,1-2H3,(H,27,29). The summed E-state index contributed by atoms with van der Waals surface area (Å²) in [6.07, 6.45) is 3.80. The first-order valence-corrected chi connectivity index (χ1v) is 11.6. The fourth-order valence-corrected chi connectivity index (χ4v) is 4.10. The zero-order valence-electron chi connectivity index (χ0n) is 18.8. The van der Waals surface area contributed by atoms with E-state index in [0.29, 0.717) is 29.5 Å². The molecule has 6 nitrogen and oxygen atoms in total. The van der Waals surface area contributed by atoms with E-state index in [0.717, 1.165) is 29.9 Å². The van der Waals surface area contributed by atoms with E-state index in [9.17, 15) is 9.59 Å². The number of carbonyl (C=O) groups is 2. The van der Waals surface area contributed by atoms with Crippen LogP contribution < -0.4 is 15.0 Å². The maximum atomic E-state index is 12.7. The van der Waals surface area contributed by atoms with Crippen molar-refractivity contribution in [2.75, 3.05) is 31.2 Å². The highest BCUT2D eigenvalue weighted by molar-refractivity contribution is 6.30. The van der Waals surface area contributed by atoms with Crippen LogP contribution in [-0.4, -0.2) is 38.2 Å². The molecule has 1 fully saturated rings. The van der Waals surface area contributed by atoms with Crippen LogP contribution in [0.3, 0.4) is 0 Å². The van der Waals surface area contributed by atoms with Crippen molar-refractivity contribution in [1.82, 2.24) is 5.32 Å². The summed E-state index contributed by atoms with van der Waals surface area (Å²) in [5, 5.41) is 3.66. The van der Waals surface area contributed by atoms with E-state index in [1.807, 2.05) is 25.1 Å². The number of esters is 1. The van der Waals surface area contributed by atoms with Gasteiger partial charge < -0.3 is 19.7 Å². The Hall–Kier alpha value is -2.73. The molecule has 0 spiro atoms. The molecule has 1 saturated heterocycles. The van der Waals surface area contributed by atoms with Crippen molar-refractivity contribution in [1.29, 1.82) is 0 Å². The van der Waals surface area contributed by atoms with Gasteiger partial charge in [0, 0.05) is 30.3 Å². The molecule has 0 radical (unpaired) electrons. The first-order valence-electron chi connectivity index (χ1n) is 11.2. The van der Waals surface area contributed by atoms with Gasteiger partial charge in [0.25, 0.3) is 0 Å². The van der Waals surface area contributed by atoms with Gasteiger partial charge in [-0.1, -0.05) is 17.7 Å². The van der Waals surface area contributed by atoms with Crippen LogP contribution in [-0.2, 0) is 22.5 Å². The number of benzene rings is 2. The molecule has 172 valence electrons. The average molecular weight is 459 g/mol. The van der Waals surface area contributed by atoms with Crippen LogP contribution in [0.5, 0.6) is 5.75 Å². The van der Waals surface area contributed by atoms with Crippen LogP contribution in [0.15, 0.2) is 36.4 Å². The monoisotopic (exact) mass is 458 g/mol. The Kier molecular flexibility index (Phi) is 8.80. The summed E-state index contributed by atoms with van der Waals surface area (Å²) in [4.78, 5) is 27.2. The van der Waals surface area contributed by atoms with Crippen molar-refractivity contribution < 1.29 is 19.1 Å². The van der Waals surface area contributed by atoms with Crippen molar-refractivity contribution in [3.8, 4) is 5.75 Å². The molecule has 1 aliphatic heterocycles. The Labute approximate surface area is 194 Å². The van der Waals surface area contributed by atoms with E-state index in [1.54, 1.807) is 25.1 Å². The van der Waals surface area contributed by atoms with Crippen molar-refractivity contribution in [2.45, 2.75) is 46.1 Å². The molecule has 32 heavy (non-hydrogen) atoms. The van der Waals surface area contributed by atoms with Crippen molar-refractivity contribution in [3.63, 3.8) is 0 Å². The molecule has 0 saturated carbocycles. The Balaban J connectivity index is 1.67. The second-order valence-electron chi connectivity index (χ2n) is 7.76. The van der Waals surface area contributed by atoms with Crippen LogP contribution in [0.2, 0.25) is 5.02 Å². The molecule has 0 unspecified atom stereocenters. The third-order valence-electron chi connectivity index (χ3n) is 5.42. The molecule has 1 N–H and O–H groups in total. The number of carbonyl (C=O) groups excluding carboxylic acids is 2. The number of rotatable bonds is 9. The number of hydrogen-bond donors (Lipinski definition) is 1. The molecule has 0 aliphatic carbocycles. The van der Waals surface area contributed by atoms with Crippen LogP contribution >= 0.6 is 11.6 Å². The second-order valence-corrected chi connectivity index (χ2v) is 8.19. The molecule has 1 amide bonds. The lowest BCUT2D eigenvalue weighted by molar-refractivity contribution is -0.120. The quantitative estimate of drug-likeness (QED) is 0.548. The summed E-state index contributed by atoms with van der Waals surface area (Å²) >= 11 is 6.23. The summed E-state index contributed by atoms with van der Waals surface area (Å²) in [6.45, 7) is 6.76. The summed E-state index contributed by atoms with van der Waals surface area (Å²) in [7, 11) is 0. The number of anilines is 1. The van der Waals surface area contributed by atoms with Crippen LogP contribution in [0.25, 0.3) is 0 Å². The summed E-state index contributed by atoms with van der Waals surface area (Å²) in [5.41, 5.74) is 3.27. The van der Waals surface area contributed by atoms with Crippen LogP contribution in [0, 0.1) is 0 Å². The highest BCUT2D eigenvalue weighted by Gasteiger charge is 2.17. The Bertz CT molecular complexity index is 942. The molecule has 2 aromatic rings. The van der Waals surface area contributed by atoms with Crippen molar-refractivity contribution in [3.05, 3.63) is 58.1 Å². The van der Waals surface area contributed by atoms with Gasteiger partial charge in [0.2, 0.25) is 5.91 Å². The molecule has 1 aliphatic rings. The Morgan fingerprint density at radius 2 is 1.81 bits per heavy atom. The van der Waals surface area contributed by atoms with Crippen LogP contribution in [0.4, 0.5) is 5.69 Å². The van der Waals surface area contributed by atoms with Gasteiger partial charge >= 0.3 is 5.97 Å². The predicted octanol–water partition coefficient (Wildman–Crippen LogP) is 4.76. The van der Waals surface area contributed by atoms with Gasteiger partial charge in [-0.15, -0.1) is 0 Å². The van der Waals surface area contributed by atoms with Gasteiger partial charge in [-0.3, -0.25) is 4.79 Å². The molecule has 7 heteroatoms.